The molecule has 0 saturated carbocycles. The van der Waals surface area contributed by atoms with Gasteiger partial charge in [0.05, 0.1) is 0 Å². The fourth-order valence-corrected chi connectivity index (χ4v) is 2.27. The van der Waals surface area contributed by atoms with Crippen molar-refractivity contribution in [1.82, 2.24) is 0 Å². The zero-order chi connectivity index (χ0) is 9.84. The van der Waals surface area contributed by atoms with Crippen LogP contribution in [-0.2, 0) is 4.79 Å². The fraction of sp³-hybridized carbons (Fsp3) is 0.222. The van der Waals surface area contributed by atoms with Crippen LogP contribution in [0.1, 0.15) is 11.7 Å². The summed E-state index contributed by atoms with van der Waals surface area (Å²) in [4.78, 5) is 11.2. The van der Waals surface area contributed by atoms with Gasteiger partial charge in [-0.2, -0.15) is 0 Å². The summed E-state index contributed by atoms with van der Waals surface area (Å²) in [7, 11) is 0. The second kappa shape index (κ2) is 4.77. The molecule has 1 rings (SSSR count). The maximum absolute atomic E-state index is 12.9. The van der Waals surface area contributed by atoms with Crippen molar-refractivity contribution >= 4 is 34.0 Å². The highest BCUT2D eigenvalue weighted by atomic mass is 79.9. The SMILES string of the molecule is CSc1ccc(C(F)C=O)cc1Br. The lowest BCUT2D eigenvalue weighted by molar-refractivity contribution is -0.112. The monoisotopic (exact) mass is 262 g/mol. The van der Waals surface area contributed by atoms with Gasteiger partial charge in [0.1, 0.15) is 0 Å². The molecule has 0 spiro atoms. The molecule has 1 aromatic carbocycles. The maximum atomic E-state index is 12.9. The lowest BCUT2D eigenvalue weighted by Gasteiger charge is -2.04. The second-order valence-corrected chi connectivity index (χ2v) is 4.13. The van der Waals surface area contributed by atoms with E-state index in [4.69, 9.17) is 0 Å². The summed E-state index contributed by atoms with van der Waals surface area (Å²) in [6.07, 6.45) is 0.708. The average Bonchev–Trinajstić information content (AvgIpc) is 2.16. The van der Waals surface area contributed by atoms with Crippen LogP contribution in [0.3, 0.4) is 0 Å². The molecule has 0 saturated heterocycles. The van der Waals surface area contributed by atoms with Gasteiger partial charge >= 0.3 is 0 Å². The van der Waals surface area contributed by atoms with Crippen LogP contribution in [-0.4, -0.2) is 12.5 Å². The quantitative estimate of drug-likeness (QED) is 0.614. The van der Waals surface area contributed by atoms with Gasteiger partial charge in [0.2, 0.25) is 0 Å². The number of aldehydes is 1. The van der Waals surface area contributed by atoms with Crippen LogP contribution < -0.4 is 0 Å². The molecule has 1 atom stereocenters. The Labute approximate surface area is 88.8 Å². The van der Waals surface area contributed by atoms with Gasteiger partial charge in [-0.3, -0.25) is 4.79 Å². The van der Waals surface area contributed by atoms with Crippen LogP contribution in [0.5, 0.6) is 0 Å². The first-order valence-electron chi connectivity index (χ1n) is 3.62. The van der Waals surface area contributed by atoms with Gasteiger partial charge in [0.15, 0.2) is 12.5 Å². The molecule has 0 fully saturated rings. The van der Waals surface area contributed by atoms with E-state index in [2.05, 4.69) is 15.9 Å². The van der Waals surface area contributed by atoms with Crippen molar-refractivity contribution in [2.75, 3.05) is 6.26 Å². The largest absolute Gasteiger partial charge is 0.300 e. The summed E-state index contributed by atoms with van der Waals surface area (Å²) >= 11 is 4.87. The van der Waals surface area contributed by atoms with E-state index in [1.807, 2.05) is 6.26 Å². The molecule has 0 aliphatic rings. The summed E-state index contributed by atoms with van der Waals surface area (Å²) in [5.74, 6) is 0. The van der Waals surface area contributed by atoms with Gasteiger partial charge in [-0.1, -0.05) is 6.07 Å². The van der Waals surface area contributed by atoms with Crippen molar-refractivity contribution in [3.63, 3.8) is 0 Å². The number of rotatable bonds is 3. The van der Waals surface area contributed by atoms with Gasteiger partial charge in [-0.05, 0) is 39.9 Å². The lowest BCUT2D eigenvalue weighted by atomic mass is 10.1. The number of carbonyl (C=O) groups excluding carboxylic acids is 1. The standard InChI is InChI=1S/C9H8BrFOS/c1-13-9-3-2-6(4-7(9)10)8(11)5-12/h2-5,8H,1H3. The smallest absolute Gasteiger partial charge is 0.180 e. The Kier molecular flexibility index (Phi) is 3.93. The summed E-state index contributed by atoms with van der Waals surface area (Å²) in [6.45, 7) is 0. The number of hydrogen-bond donors (Lipinski definition) is 0. The van der Waals surface area contributed by atoms with E-state index >= 15 is 0 Å². The molecule has 4 heteroatoms. The topological polar surface area (TPSA) is 17.1 Å². The van der Waals surface area contributed by atoms with Gasteiger partial charge < -0.3 is 0 Å². The van der Waals surface area contributed by atoms with Crippen LogP contribution in [0.2, 0.25) is 0 Å². The zero-order valence-electron chi connectivity index (χ0n) is 6.96. The Morgan fingerprint density at radius 3 is 2.77 bits per heavy atom. The minimum atomic E-state index is -1.52. The second-order valence-electron chi connectivity index (χ2n) is 2.43. The van der Waals surface area contributed by atoms with E-state index in [0.29, 0.717) is 11.8 Å². The highest BCUT2D eigenvalue weighted by Gasteiger charge is 2.09. The maximum Gasteiger partial charge on any atom is 0.180 e. The van der Waals surface area contributed by atoms with Crippen LogP contribution in [0.4, 0.5) is 4.39 Å². The summed E-state index contributed by atoms with van der Waals surface area (Å²) in [5, 5.41) is 0. The number of benzene rings is 1. The van der Waals surface area contributed by atoms with Gasteiger partial charge in [0, 0.05) is 9.37 Å². The van der Waals surface area contributed by atoms with Crippen molar-refractivity contribution in [3.8, 4) is 0 Å². The Bertz CT molecular complexity index is 316. The number of hydrogen-bond acceptors (Lipinski definition) is 2. The third-order valence-electron chi connectivity index (χ3n) is 1.61. The van der Waals surface area contributed by atoms with Crippen LogP contribution in [0, 0.1) is 0 Å². The van der Waals surface area contributed by atoms with Crippen LogP contribution in [0.15, 0.2) is 27.6 Å². The highest BCUT2D eigenvalue weighted by Crippen LogP contribution is 2.29. The van der Waals surface area contributed by atoms with E-state index in [1.165, 1.54) is 0 Å². The molecule has 0 aromatic heterocycles. The van der Waals surface area contributed by atoms with Crippen molar-refractivity contribution in [2.24, 2.45) is 0 Å². The minimum Gasteiger partial charge on any atom is -0.300 e. The average molecular weight is 263 g/mol. The predicted octanol–water partition coefficient (Wildman–Crippen LogP) is 3.38. The lowest BCUT2D eigenvalue weighted by Crippen LogP contribution is -1.92. The molecule has 0 N–H and O–H groups in total. The third kappa shape index (κ3) is 2.54. The molecule has 1 unspecified atom stereocenters. The molecule has 70 valence electrons. The normalized spacial score (nSPS) is 12.5. The zero-order valence-corrected chi connectivity index (χ0v) is 9.36. The predicted molar refractivity (Wildman–Crippen MR) is 55.8 cm³/mol. The van der Waals surface area contributed by atoms with E-state index in [1.54, 1.807) is 30.0 Å². The van der Waals surface area contributed by atoms with Gasteiger partial charge in [-0.15, -0.1) is 11.8 Å². The van der Waals surface area contributed by atoms with Crippen molar-refractivity contribution < 1.29 is 9.18 Å². The Morgan fingerprint density at radius 2 is 2.31 bits per heavy atom. The molecular weight excluding hydrogens is 255 g/mol. The molecule has 0 amide bonds. The third-order valence-corrected chi connectivity index (χ3v) is 3.33. The van der Waals surface area contributed by atoms with Gasteiger partial charge in [0.25, 0.3) is 0 Å². The number of thioether (sulfide) groups is 1. The Morgan fingerprint density at radius 1 is 1.62 bits per heavy atom. The summed E-state index contributed by atoms with van der Waals surface area (Å²) in [5.41, 5.74) is 0.389. The van der Waals surface area contributed by atoms with Crippen LogP contribution in [0.25, 0.3) is 0 Å². The molecule has 1 nitrogen and oxygen atoms in total. The molecule has 1 aromatic rings. The number of alkyl halides is 1. The van der Waals surface area contributed by atoms with Crippen molar-refractivity contribution in [2.45, 2.75) is 11.1 Å². The summed E-state index contributed by atoms with van der Waals surface area (Å²) in [6, 6.07) is 5.04. The Balaban J connectivity index is 3.02. The Hall–Kier alpha value is -0.350. The highest BCUT2D eigenvalue weighted by molar-refractivity contribution is 9.10. The molecule has 0 radical (unpaired) electrons. The molecule has 13 heavy (non-hydrogen) atoms. The number of carbonyl (C=O) groups is 1. The van der Waals surface area contributed by atoms with E-state index in [9.17, 15) is 9.18 Å². The van der Waals surface area contributed by atoms with Crippen molar-refractivity contribution in [3.05, 3.63) is 28.2 Å². The first-order valence-corrected chi connectivity index (χ1v) is 5.63. The molecular formula is C9H8BrFOS. The summed E-state index contributed by atoms with van der Waals surface area (Å²) < 4.78 is 13.7. The fourth-order valence-electron chi connectivity index (χ4n) is 0.933. The van der Waals surface area contributed by atoms with E-state index < -0.39 is 6.17 Å². The number of halogens is 2. The molecule has 0 aliphatic heterocycles. The molecule has 0 aliphatic carbocycles. The van der Waals surface area contributed by atoms with Gasteiger partial charge in [-0.25, -0.2) is 4.39 Å². The molecule has 0 heterocycles. The minimum absolute atomic E-state index is 0.292. The molecule has 0 bridgehead atoms. The van der Waals surface area contributed by atoms with Crippen LogP contribution >= 0.6 is 27.7 Å². The van der Waals surface area contributed by atoms with Crippen molar-refractivity contribution in [1.29, 1.82) is 0 Å². The first-order chi connectivity index (χ1) is 6.19. The van der Waals surface area contributed by atoms with E-state index in [0.717, 1.165) is 9.37 Å². The first kappa shape index (κ1) is 10.7. The van der Waals surface area contributed by atoms with E-state index in [-0.39, 0.29) is 0 Å².